The normalized spacial score (nSPS) is 11.7. The highest BCUT2D eigenvalue weighted by Gasteiger charge is 2.15. The van der Waals surface area contributed by atoms with E-state index in [-0.39, 0.29) is 22.5 Å². The number of hydrogen-bond acceptors (Lipinski definition) is 4. The van der Waals surface area contributed by atoms with Crippen molar-refractivity contribution in [3.8, 4) is 11.5 Å². The Bertz CT molecular complexity index is 795. The maximum Gasteiger partial charge on any atom is 0.275 e. The molecule has 0 spiro atoms. The van der Waals surface area contributed by atoms with Crippen molar-refractivity contribution in [3.05, 3.63) is 58.1 Å². The minimum absolute atomic E-state index is 0.0207. The van der Waals surface area contributed by atoms with Gasteiger partial charge in [0, 0.05) is 10.6 Å². The Morgan fingerprint density at radius 3 is 2.46 bits per heavy atom. The Hall–Kier alpha value is -2.53. The first-order valence-corrected chi connectivity index (χ1v) is 7.71. The Kier molecular flexibility index (Phi) is 5.14. The van der Waals surface area contributed by atoms with E-state index in [1.54, 1.807) is 6.07 Å². The van der Waals surface area contributed by atoms with Crippen molar-refractivity contribution < 1.29 is 15.0 Å². The first-order valence-electron chi connectivity index (χ1n) is 7.34. The van der Waals surface area contributed by atoms with Crippen LogP contribution in [0, 0.1) is 0 Å². The Balaban J connectivity index is 2.17. The lowest BCUT2D eigenvalue weighted by molar-refractivity contribution is 0.0952. The van der Waals surface area contributed by atoms with Gasteiger partial charge < -0.3 is 10.2 Å². The van der Waals surface area contributed by atoms with Gasteiger partial charge in [-0.05, 0) is 41.3 Å². The number of aromatic hydroxyl groups is 2. The number of carbonyl (C=O) groups excluding carboxylic acids is 1. The van der Waals surface area contributed by atoms with E-state index in [0.29, 0.717) is 10.6 Å². The van der Waals surface area contributed by atoms with Gasteiger partial charge in [-0.1, -0.05) is 38.4 Å². The maximum absolute atomic E-state index is 12.0. The number of phenolic OH excluding ortho intramolecular Hbond substituents is 2. The molecule has 6 heteroatoms. The zero-order valence-electron chi connectivity index (χ0n) is 13.7. The molecule has 2 aromatic carbocycles. The minimum atomic E-state index is -0.599. The average molecular weight is 347 g/mol. The van der Waals surface area contributed by atoms with Crippen molar-refractivity contribution in [1.29, 1.82) is 0 Å². The van der Waals surface area contributed by atoms with Crippen LogP contribution < -0.4 is 5.43 Å². The molecule has 24 heavy (non-hydrogen) atoms. The van der Waals surface area contributed by atoms with Gasteiger partial charge in [-0.25, -0.2) is 5.43 Å². The average Bonchev–Trinajstić information content (AvgIpc) is 2.50. The van der Waals surface area contributed by atoms with Gasteiger partial charge in [0.05, 0.1) is 11.8 Å². The Morgan fingerprint density at radius 1 is 1.12 bits per heavy atom. The zero-order chi connectivity index (χ0) is 17.9. The summed E-state index contributed by atoms with van der Waals surface area (Å²) in [5, 5.41) is 23.7. The van der Waals surface area contributed by atoms with Crippen molar-refractivity contribution in [2.75, 3.05) is 0 Å². The van der Waals surface area contributed by atoms with Crippen LogP contribution in [-0.4, -0.2) is 22.3 Å². The van der Waals surface area contributed by atoms with Gasteiger partial charge in [-0.3, -0.25) is 4.79 Å². The molecule has 0 saturated carbocycles. The zero-order valence-corrected chi connectivity index (χ0v) is 14.4. The van der Waals surface area contributed by atoms with Crippen LogP contribution in [0.2, 0.25) is 5.02 Å². The highest BCUT2D eigenvalue weighted by molar-refractivity contribution is 6.31. The number of rotatable bonds is 3. The van der Waals surface area contributed by atoms with Crippen molar-refractivity contribution in [1.82, 2.24) is 5.43 Å². The molecule has 5 nitrogen and oxygen atoms in total. The summed E-state index contributed by atoms with van der Waals surface area (Å²) in [6.07, 6.45) is 1.35. The smallest absolute Gasteiger partial charge is 0.275 e. The monoisotopic (exact) mass is 346 g/mol. The lowest BCUT2D eigenvalue weighted by Crippen LogP contribution is -2.18. The first-order chi connectivity index (χ1) is 11.2. The standard InChI is InChI=1S/C18H19ClN2O3/c1-18(2,3)12-4-6-15(22)11(8-12)10-20-21-17(24)14-9-13(19)5-7-16(14)23/h4-10,22-23H,1-3H3,(H,21,24)/b20-10+. The van der Waals surface area contributed by atoms with Crippen LogP contribution in [0.3, 0.4) is 0 Å². The number of carbonyl (C=O) groups is 1. The topological polar surface area (TPSA) is 81.9 Å². The van der Waals surface area contributed by atoms with Gasteiger partial charge in [-0.2, -0.15) is 5.10 Å². The summed E-state index contributed by atoms with van der Waals surface area (Å²) in [4.78, 5) is 12.0. The molecule has 0 aliphatic rings. The van der Waals surface area contributed by atoms with E-state index < -0.39 is 5.91 Å². The molecule has 0 saturated heterocycles. The molecular weight excluding hydrogens is 328 g/mol. The van der Waals surface area contributed by atoms with Gasteiger partial charge in [0.25, 0.3) is 5.91 Å². The predicted octanol–water partition coefficient (Wildman–Crippen LogP) is 3.81. The second-order valence-electron chi connectivity index (χ2n) is 6.38. The highest BCUT2D eigenvalue weighted by atomic mass is 35.5. The molecule has 1 amide bonds. The van der Waals surface area contributed by atoms with Crippen molar-refractivity contribution >= 4 is 23.7 Å². The molecule has 0 unspecified atom stereocenters. The third kappa shape index (κ3) is 4.26. The van der Waals surface area contributed by atoms with Gasteiger partial charge in [-0.15, -0.1) is 0 Å². The summed E-state index contributed by atoms with van der Waals surface area (Å²) in [6, 6.07) is 9.40. The Labute approximate surface area is 145 Å². The third-order valence-corrected chi connectivity index (χ3v) is 3.70. The molecule has 0 atom stereocenters. The number of benzene rings is 2. The lowest BCUT2D eigenvalue weighted by atomic mass is 9.86. The fourth-order valence-corrected chi connectivity index (χ4v) is 2.21. The molecule has 0 radical (unpaired) electrons. The van der Waals surface area contributed by atoms with E-state index in [1.165, 1.54) is 24.4 Å². The van der Waals surface area contributed by atoms with E-state index in [0.717, 1.165) is 5.56 Å². The van der Waals surface area contributed by atoms with Gasteiger partial charge in [0.2, 0.25) is 0 Å². The van der Waals surface area contributed by atoms with Crippen molar-refractivity contribution in [3.63, 3.8) is 0 Å². The number of nitrogens with one attached hydrogen (secondary N) is 1. The molecule has 126 valence electrons. The third-order valence-electron chi connectivity index (χ3n) is 3.47. The molecule has 2 aromatic rings. The number of hydrogen-bond donors (Lipinski definition) is 3. The van der Waals surface area contributed by atoms with Crippen molar-refractivity contribution in [2.24, 2.45) is 5.10 Å². The summed E-state index contributed by atoms with van der Waals surface area (Å²) in [5.41, 5.74) is 3.76. The van der Waals surface area contributed by atoms with Gasteiger partial charge in [0.1, 0.15) is 11.5 Å². The lowest BCUT2D eigenvalue weighted by Gasteiger charge is -2.19. The molecule has 2 rings (SSSR count). The van der Waals surface area contributed by atoms with Crippen LogP contribution in [0.4, 0.5) is 0 Å². The van der Waals surface area contributed by atoms with E-state index >= 15 is 0 Å². The maximum atomic E-state index is 12.0. The van der Waals surface area contributed by atoms with Crippen LogP contribution in [0.1, 0.15) is 42.3 Å². The number of nitrogens with zero attached hydrogens (tertiary/aromatic N) is 1. The predicted molar refractivity (Wildman–Crippen MR) is 95.0 cm³/mol. The summed E-state index contributed by atoms with van der Waals surface area (Å²) < 4.78 is 0. The second-order valence-corrected chi connectivity index (χ2v) is 6.82. The summed E-state index contributed by atoms with van der Waals surface area (Å²) in [5.74, 6) is -0.728. The summed E-state index contributed by atoms with van der Waals surface area (Å²) in [6.45, 7) is 6.18. The van der Waals surface area contributed by atoms with Gasteiger partial charge >= 0.3 is 0 Å². The SMILES string of the molecule is CC(C)(C)c1ccc(O)c(/C=N/NC(=O)c2cc(Cl)ccc2O)c1. The van der Waals surface area contributed by atoms with Crippen LogP contribution in [0.5, 0.6) is 11.5 Å². The minimum Gasteiger partial charge on any atom is -0.507 e. The molecule has 0 aliphatic heterocycles. The van der Waals surface area contributed by atoms with Gasteiger partial charge in [0.15, 0.2) is 0 Å². The first kappa shape index (κ1) is 17.8. The van der Waals surface area contributed by atoms with E-state index in [1.807, 2.05) is 12.1 Å². The molecule has 3 N–H and O–H groups in total. The van der Waals surface area contributed by atoms with E-state index in [2.05, 4.69) is 31.3 Å². The number of phenols is 2. The quantitative estimate of drug-likeness (QED) is 0.583. The molecule has 0 bridgehead atoms. The molecule has 0 aliphatic carbocycles. The van der Waals surface area contributed by atoms with E-state index in [9.17, 15) is 15.0 Å². The summed E-state index contributed by atoms with van der Waals surface area (Å²) in [7, 11) is 0. The second kappa shape index (κ2) is 6.93. The fourth-order valence-electron chi connectivity index (χ4n) is 2.04. The number of halogens is 1. The molecule has 0 aromatic heterocycles. The van der Waals surface area contributed by atoms with Crippen LogP contribution in [0.25, 0.3) is 0 Å². The fraction of sp³-hybridized carbons (Fsp3) is 0.222. The van der Waals surface area contributed by atoms with Crippen molar-refractivity contribution in [2.45, 2.75) is 26.2 Å². The molecule has 0 fully saturated rings. The largest absolute Gasteiger partial charge is 0.507 e. The summed E-state index contributed by atoms with van der Waals surface area (Å²) >= 11 is 5.81. The van der Waals surface area contributed by atoms with Crippen LogP contribution in [0.15, 0.2) is 41.5 Å². The molecule has 0 heterocycles. The number of hydrazone groups is 1. The number of amides is 1. The Morgan fingerprint density at radius 2 is 1.79 bits per heavy atom. The van der Waals surface area contributed by atoms with E-state index in [4.69, 9.17) is 11.6 Å². The van der Waals surface area contributed by atoms with Crippen LogP contribution >= 0.6 is 11.6 Å². The van der Waals surface area contributed by atoms with Crippen LogP contribution in [-0.2, 0) is 5.41 Å². The highest BCUT2D eigenvalue weighted by Crippen LogP contribution is 2.26. The molecular formula is C18H19ClN2O3.